The van der Waals surface area contributed by atoms with E-state index in [1.165, 1.54) is 17.8 Å². The molecule has 162 valence electrons. The number of ether oxygens (including phenoxy) is 1. The van der Waals surface area contributed by atoms with E-state index in [1.54, 1.807) is 40.7 Å². The van der Waals surface area contributed by atoms with E-state index in [1.807, 2.05) is 18.2 Å². The van der Waals surface area contributed by atoms with Crippen LogP contribution in [0.15, 0.2) is 58.5 Å². The Morgan fingerprint density at radius 2 is 1.87 bits per heavy atom. The number of para-hydroxylation sites is 1. The molecule has 2 aromatic carbocycles. The van der Waals surface area contributed by atoms with Crippen molar-refractivity contribution < 1.29 is 13.9 Å². The Hall–Kier alpha value is -2.87. The Kier molecular flexibility index (Phi) is 6.56. The SMILES string of the molecule is CCOC(=O)N1CCC(n2c(SCc3ccccc3F)nc3ccccc3c2=O)CC1. The molecule has 0 aliphatic carbocycles. The third-order valence-electron chi connectivity index (χ3n) is 5.45. The lowest BCUT2D eigenvalue weighted by Gasteiger charge is -2.33. The summed E-state index contributed by atoms with van der Waals surface area (Å²) < 4.78 is 20.9. The first kappa shape index (κ1) is 21.4. The molecule has 1 amide bonds. The summed E-state index contributed by atoms with van der Waals surface area (Å²) in [5.41, 5.74) is 1.10. The zero-order chi connectivity index (χ0) is 21.8. The Morgan fingerprint density at radius 3 is 2.61 bits per heavy atom. The molecule has 8 heteroatoms. The minimum absolute atomic E-state index is 0.0848. The Balaban J connectivity index is 1.64. The molecule has 1 aliphatic heterocycles. The quantitative estimate of drug-likeness (QED) is 0.427. The van der Waals surface area contributed by atoms with Crippen molar-refractivity contribution in [2.45, 2.75) is 36.7 Å². The molecule has 1 fully saturated rings. The van der Waals surface area contributed by atoms with E-state index in [0.717, 1.165) is 0 Å². The number of hydrogen-bond donors (Lipinski definition) is 0. The van der Waals surface area contributed by atoms with Gasteiger partial charge in [-0.1, -0.05) is 42.1 Å². The monoisotopic (exact) mass is 441 g/mol. The maximum atomic E-state index is 14.1. The molecule has 6 nitrogen and oxygen atoms in total. The second-order valence-corrected chi connectivity index (χ2v) is 8.33. The number of piperidine rings is 1. The van der Waals surface area contributed by atoms with Crippen molar-refractivity contribution in [1.29, 1.82) is 0 Å². The Morgan fingerprint density at radius 1 is 1.16 bits per heavy atom. The first-order chi connectivity index (χ1) is 15.1. The molecule has 0 spiro atoms. The first-order valence-corrected chi connectivity index (χ1v) is 11.4. The minimum Gasteiger partial charge on any atom is -0.450 e. The number of fused-ring (bicyclic) bond motifs is 1. The van der Waals surface area contributed by atoms with Crippen molar-refractivity contribution in [3.63, 3.8) is 0 Å². The molecule has 0 radical (unpaired) electrons. The normalized spacial score (nSPS) is 14.7. The second-order valence-electron chi connectivity index (χ2n) is 7.38. The number of amides is 1. The summed E-state index contributed by atoms with van der Waals surface area (Å²) in [6.07, 6.45) is 0.942. The molecule has 3 aromatic rings. The molecule has 0 atom stereocenters. The molecule has 31 heavy (non-hydrogen) atoms. The van der Waals surface area contributed by atoms with Gasteiger partial charge in [0.15, 0.2) is 5.16 Å². The van der Waals surface area contributed by atoms with E-state index < -0.39 is 0 Å². The van der Waals surface area contributed by atoms with E-state index >= 15 is 0 Å². The van der Waals surface area contributed by atoms with Gasteiger partial charge in [-0.05, 0) is 43.5 Å². The highest BCUT2D eigenvalue weighted by molar-refractivity contribution is 7.98. The van der Waals surface area contributed by atoms with Crippen LogP contribution < -0.4 is 5.56 Å². The van der Waals surface area contributed by atoms with Crippen LogP contribution in [0.25, 0.3) is 10.9 Å². The molecule has 0 unspecified atom stereocenters. The minimum atomic E-state index is -0.320. The number of likely N-dealkylation sites (tertiary alicyclic amines) is 1. The lowest BCUT2D eigenvalue weighted by molar-refractivity contribution is 0.0915. The molecule has 0 saturated carbocycles. The van der Waals surface area contributed by atoms with E-state index in [9.17, 15) is 14.0 Å². The largest absolute Gasteiger partial charge is 0.450 e. The number of carbonyl (C=O) groups excluding carboxylic acids is 1. The van der Waals surface area contributed by atoms with Crippen LogP contribution in [-0.4, -0.2) is 40.2 Å². The summed E-state index contributed by atoms with van der Waals surface area (Å²) in [4.78, 5) is 31.8. The lowest BCUT2D eigenvalue weighted by atomic mass is 10.0. The van der Waals surface area contributed by atoms with Gasteiger partial charge in [0, 0.05) is 24.9 Å². The van der Waals surface area contributed by atoms with E-state index in [0.29, 0.717) is 59.9 Å². The van der Waals surface area contributed by atoms with Crippen LogP contribution in [-0.2, 0) is 10.5 Å². The van der Waals surface area contributed by atoms with Crippen LogP contribution in [0.5, 0.6) is 0 Å². The van der Waals surface area contributed by atoms with Gasteiger partial charge in [0.05, 0.1) is 17.5 Å². The molecule has 1 aromatic heterocycles. The molecular weight excluding hydrogens is 417 g/mol. The van der Waals surface area contributed by atoms with Crippen LogP contribution >= 0.6 is 11.8 Å². The number of carbonyl (C=O) groups is 1. The molecule has 2 heterocycles. The van der Waals surface area contributed by atoms with Crippen molar-refractivity contribution in [3.05, 3.63) is 70.3 Å². The highest BCUT2D eigenvalue weighted by Gasteiger charge is 2.27. The topological polar surface area (TPSA) is 64.4 Å². The van der Waals surface area contributed by atoms with Gasteiger partial charge in [0.25, 0.3) is 5.56 Å². The van der Waals surface area contributed by atoms with Gasteiger partial charge in [-0.2, -0.15) is 0 Å². The molecule has 0 bridgehead atoms. The van der Waals surface area contributed by atoms with E-state index in [2.05, 4.69) is 0 Å². The number of halogens is 1. The maximum absolute atomic E-state index is 14.1. The van der Waals surface area contributed by atoms with Crippen LogP contribution in [0.1, 0.15) is 31.4 Å². The number of nitrogens with zero attached hydrogens (tertiary/aromatic N) is 3. The summed E-state index contributed by atoms with van der Waals surface area (Å²) in [6.45, 7) is 3.15. The first-order valence-electron chi connectivity index (χ1n) is 10.4. The van der Waals surface area contributed by atoms with Crippen molar-refractivity contribution in [2.24, 2.45) is 0 Å². The van der Waals surface area contributed by atoms with Gasteiger partial charge in [-0.25, -0.2) is 14.2 Å². The number of thioether (sulfide) groups is 1. The predicted molar refractivity (Wildman–Crippen MR) is 119 cm³/mol. The fourth-order valence-corrected chi connectivity index (χ4v) is 4.88. The third-order valence-corrected chi connectivity index (χ3v) is 6.45. The highest BCUT2D eigenvalue weighted by atomic mass is 32.2. The lowest BCUT2D eigenvalue weighted by Crippen LogP contribution is -2.41. The Bertz CT molecular complexity index is 1140. The van der Waals surface area contributed by atoms with Crippen LogP contribution in [0.4, 0.5) is 9.18 Å². The summed E-state index contributed by atoms with van der Waals surface area (Å²) >= 11 is 1.36. The van der Waals surface area contributed by atoms with Crippen molar-refractivity contribution >= 4 is 28.8 Å². The molecular formula is C23H24FN3O3S. The van der Waals surface area contributed by atoms with E-state index in [4.69, 9.17) is 9.72 Å². The van der Waals surface area contributed by atoms with Gasteiger partial charge in [-0.3, -0.25) is 9.36 Å². The van der Waals surface area contributed by atoms with Gasteiger partial charge >= 0.3 is 6.09 Å². The smallest absolute Gasteiger partial charge is 0.409 e. The third kappa shape index (κ3) is 4.58. The number of benzene rings is 2. The van der Waals surface area contributed by atoms with Crippen LogP contribution in [0.3, 0.4) is 0 Å². The van der Waals surface area contributed by atoms with Gasteiger partial charge in [-0.15, -0.1) is 0 Å². The molecule has 4 rings (SSSR count). The highest BCUT2D eigenvalue weighted by Crippen LogP contribution is 2.29. The van der Waals surface area contributed by atoms with Crippen LogP contribution in [0, 0.1) is 5.82 Å². The molecule has 1 aliphatic rings. The zero-order valence-electron chi connectivity index (χ0n) is 17.3. The average Bonchev–Trinajstić information content (AvgIpc) is 2.79. The summed E-state index contributed by atoms with van der Waals surface area (Å²) in [6, 6.07) is 13.8. The summed E-state index contributed by atoms with van der Waals surface area (Å²) in [7, 11) is 0. The molecule has 0 N–H and O–H groups in total. The standard InChI is InChI=1S/C23H24FN3O3S/c1-2-30-23(29)26-13-11-17(12-14-26)27-21(28)18-8-4-6-10-20(18)25-22(27)31-15-16-7-3-5-9-19(16)24/h3-10,17H,2,11-15H2,1H3. The fourth-order valence-electron chi connectivity index (χ4n) is 3.83. The fraction of sp³-hybridized carbons (Fsp3) is 0.348. The zero-order valence-corrected chi connectivity index (χ0v) is 18.1. The van der Waals surface area contributed by atoms with Crippen molar-refractivity contribution in [3.8, 4) is 0 Å². The van der Waals surface area contributed by atoms with Gasteiger partial charge in [0.1, 0.15) is 5.82 Å². The van der Waals surface area contributed by atoms with E-state index in [-0.39, 0.29) is 23.5 Å². The van der Waals surface area contributed by atoms with Gasteiger partial charge in [0.2, 0.25) is 0 Å². The van der Waals surface area contributed by atoms with Crippen molar-refractivity contribution in [2.75, 3.05) is 19.7 Å². The summed E-state index contributed by atoms with van der Waals surface area (Å²) in [5, 5.41) is 1.13. The van der Waals surface area contributed by atoms with Gasteiger partial charge < -0.3 is 9.64 Å². The van der Waals surface area contributed by atoms with Crippen molar-refractivity contribution in [1.82, 2.24) is 14.5 Å². The average molecular weight is 442 g/mol. The molecule has 1 saturated heterocycles. The number of hydrogen-bond acceptors (Lipinski definition) is 5. The second kappa shape index (κ2) is 9.51. The van der Waals surface area contributed by atoms with Crippen LogP contribution in [0.2, 0.25) is 0 Å². The maximum Gasteiger partial charge on any atom is 0.409 e. The Labute approximate surface area is 184 Å². The predicted octanol–water partition coefficient (Wildman–Crippen LogP) is 4.62. The number of rotatable bonds is 5. The summed E-state index contributed by atoms with van der Waals surface area (Å²) in [5.74, 6) is 0.103. The number of aromatic nitrogens is 2.